The quantitative estimate of drug-likeness (QED) is 0.297. The predicted octanol–water partition coefficient (Wildman–Crippen LogP) is 3.20. The predicted molar refractivity (Wildman–Crippen MR) is 165 cm³/mol. The molecule has 1 saturated heterocycles. The second-order valence-electron chi connectivity index (χ2n) is 10.8. The first-order valence-electron chi connectivity index (χ1n) is 14.6. The highest BCUT2D eigenvalue weighted by Crippen LogP contribution is 2.28. The van der Waals surface area contributed by atoms with Gasteiger partial charge < -0.3 is 24.4 Å². The summed E-state index contributed by atoms with van der Waals surface area (Å²) in [6.07, 6.45) is 2.33. The average molecular weight is 602 g/mol. The number of anilines is 1. The van der Waals surface area contributed by atoms with E-state index in [2.05, 4.69) is 21.5 Å². The number of aromatic nitrogens is 2. The molecule has 12 nitrogen and oxygen atoms in total. The van der Waals surface area contributed by atoms with Crippen molar-refractivity contribution < 1.29 is 24.2 Å². The Labute approximate surface area is 257 Å². The third-order valence-corrected chi connectivity index (χ3v) is 7.26. The number of nitrogens with zero attached hydrogens (tertiary/aromatic N) is 6. The molecule has 0 aliphatic carbocycles. The van der Waals surface area contributed by atoms with Crippen LogP contribution in [0, 0.1) is 11.3 Å². The fourth-order valence-corrected chi connectivity index (χ4v) is 4.93. The summed E-state index contributed by atoms with van der Waals surface area (Å²) < 4.78 is 11.6. The molecular weight excluding hydrogens is 562 g/mol. The number of aliphatic hydroxyl groups is 1. The Kier molecular flexibility index (Phi) is 11.1. The molecular formula is C32H39N7O5. The summed E-state index contributed by atoms with van der Waals surface area (Å²) >= 11 is 0. The summed E-state index contributed by atoms with van der Waals surface area (Å²) in [7, 11) is 5.48. The molecule has 4 rings (SSSR count). The van der Waals surface area contributed by atoms with E-state index in [1.807, 2.05) is 31.1 Å². The van der Waals surface area contributed by atoms with E-state index in [4.69, 9.17) is 9.47 Å². The van der Waals surface area contributed by atoms with Gasteiger partial charge in [0.05, 0.1) is 23.9 Å². The van der Waals surface area contributed by atoms with Crippen molar-refractivity contribution >= 4 is 17.8 Å². The lowest BCUT2D eigenvalue weighted by molar-refractivity contribution is -0.141. The van der Waals surface area contributed by atoms with E-state index in [-0.39, 0.29) is 23.9 Å². The zero-order valence-corrected chi connectivity index (χ0v) is 25.6. The van der Waals surface area contributed by atoms with Gasteiger partial charge in [0.25, 0.3) is 11.8 Å². The molecule has 1 aromatic heterocycles. The highest BCUT2D eigenvalue weighted by atomic mass is 16.5. The Bertz CT molecular complexity index is 1480. The SMILES string of the molecule is COc1ccccc1C(=O)N(CCCN(C)C)Nc1nccc(-c2ccc(OC3CCN(C(=O)[C@H](C)O)CC3)c(C#N)c2)n1. The number of para-hydroxylation sites is 1. The van der Waals surface area contributed by atoms with E-state index in [1.54, 1.807) is 47.5 Å². The number of hydrazine groups is 1. The van der Waals surface area contributed by atoms with Gasteiger partial charge in [-0.1, -0.05) is 12.1 Å². The Balaban J connectivity index is 1.49. The second kappa shape index (κ2) is 15.1. The molecule has 0 spiro atoms. The van der Waals surface area contributed by atoms with E-state index in [9.17, 15) is 20.0 Å². The molecule has 2 amide bonds. The lowest BCUT2D eigenvalue weighted by Gasteiger charge is -2.33. The molecule has 12 heteroatoms. The van der Waals surface area contributed by atoms with Crippen molar-refractivity contribution in [1.29, 1.82) is 5.26 Å². The van der Waals surface area contributed by atoms with Crippen LogP contribution in [0.4, 0.5) is 5.95 Å². The molecule has 232 valence electrons. The van der Waals surface area contributed by atoms with Crippen LogP contribution in [-0.4, -0.2) is 101 Å². The largest absolute Gasteiger partial charge is 0.496 e. The minimum Gasteiger partial charge on any atom is -0.496 e. The van der Waals surface area contributed by atoms with E-state index in [1.165, 1.54) is 19.0 Å². The fourth-order valence-electron chi connectivity index (χ4n) is 4.93. The Morgan fingerprint density at radius 1 is 1.14 bits per heavy atom. The molecule has 44 heavy (non-hydrogen) atoms. The summed E-state index contributed by atoms with van der Waals surface area (Å²) in [6, 6.07) is 16.3. The minimum atomic E-state index is -1.03. The molecule has 0 saturated carbocycles. The van der Waals surface area contributed by atoms with Crippen LogP contribution in [0.3, 0.4) is 0 Å². The van der Waals surface area contributed by atoms with Gasteiger partial charge >= 0.3 is 0 Å². The summed E-state index contributed by atoms with van der Waals surface area (Å²) in [5.74, 6) is 0.595. The average Bonchev–Trinajstić information content (AvgIpc) is 3.04. The van der Waals surface area contributed by atoms with Crippen molar-refractivity contribution in [3.63, 3.8) is 0 Å². The number of aliphatic hydroxyl groups excluding tert-OH is 1. The number of amides is 2. The Morgan fingerprint density at radius 2 is 1.89 bits per heavy atom. The number of benzene rings is 2. The second-order valence-corrected chi connectivity index (χ2v) is 10.8. The smallest absolute Gasteiger partial charge is 0.276 e. The summed E-state index contributed by atoms with van der Waals surface area (Å²) in [5.41, 5.74) is 5.10. The molecule has 2 N–H and O–H groups in total. The maximum atomic E-state index is 13.6. The van der Waals surface area contributed by atoms with Gasteiger partial charge in [-0.15, -0.1) is 0 Å². The van der Waals surface area contributed by atoms with E-state index in [0.717, 1.165) is 6.54 Å². The Hall–Kier alpha value is -4.73. The highest BCUT2D eigenvalue weighted by Gasteiger charge is 2.27. The molecule has 0 bridgehead atoms. The molecule has 1 fully saturated rings. The molecule has 3 aromatic rings. The number of rotatable bonds is 12. The summed E-state index contributed by atoms with van der Waals surface area (Å²) in [6.45, 7) is 3.61. The molecule has 2 heterocycles. The van der Waals surface area contributed by atoms with Crippen LogP contribution in [0.2, 0.25) is 0 Å². The third kappa shape index (κ3) is 8.21. The molecule has 0 radical (unpaired) electrons. The number of nitriles is 1. The number of nitrogens with one attached hydrogen (secondary N) is 1. The van der Waals surface area contributed by atoms with Crippen LogP contribution in [0.25, 0.3) is 11.3 Å². The number of methoxy groups -OCH3 is 1. The maximum Gasteiger partial charge on any atom is 0.276 e. The van der Waals surface area contributed by atoms with Crippen LogP contribution in [-0.2, 0) is 4.79 Å². The number of carbonyl (C=O) groups excluding carboxylic acids is 2. The first-order chi connectivity index (χ1) is 21.2. The first kappa shape index (κ1) is 32.2. The van der Waals surface area contributed by atoms with Crippen LogP contribution < -0.4 is 14.9 Å². The zero-order valence-electron chi connectivity index (χ0n) is 25.6. The molecule has 0 unspecified atom stereocenters. The summed E-state index contributed by atoms with van der Waals surface area (Å²) in [4.78, 5) is 38.3. The highest BCUT2D eigenvalue weighted by molar-refractivity contribution is 5.97. The van der Waals surface area contributed by atoms with Crippen molar-refractivity contribution in [2.75, 3.05) is 52.8 Å². The number of ether oxygens (including phenoxy) is 2. The standard InChI is InChI=1S/C32H39N7O5/c1-22(40)30(41)38-18-13-25(14-19-38)44-28-11-10-23(20-24(28)21-33)27-12-15-34-32(35-27)36-39(17-7-16-37(2)3)31(42)26-8-5-6-9-29(26)43-4/h5-6,8-12,15,20,22,25,40H,7,13-14,16-19H2,1-4H3,(H,34,35,36)/t22-/m0/s1. The number of piperidine rings is 1. The van der Waals surface area contributed by atoms with E-state index in [0.29, 0.717) is 72.8 Å². The number of likely N-dealkylation sites (tertiary alicyclic amines) is 1. The van der Waals surface area contributed by atoms with Crippen LogP contribution >= 0.6 is 0 Å². The van der Waals surface area contributed by atoms with Crippen molar-refractivity contribution in [3.8, 4) is 28.8 Å². The maximum absolute atomic E-state index is 13.6. The lowest BCUT2D eigenvalue weighted by atomic mass is 10.1. The van der Waals surface area contributed by atoms with Gasteiger partial charge in [0.15, 0.2) is 0 Å². The van der Waals surface area contributed by atoms with E-state index >= 15 is 0 Å². The van der Waals surface area contributed by atoms with Crippen LogP contribution in [0.1, 0.15) is 42.1 Å². The fraction of sp³-hybridized carbons (Fsp3) is 0.406. The van der Waals surface area contributed by atoms with Crippen molar-refractivity contribution in [2.24, 2.45) is 0 Å². The normalized spacial score (nSPS) is 14.1. The third-order valence-electron chi connectivity index (χ3n) is 7.26. The number of hydrogen-bond donors (Lipinski definition) is 2. The van der Waals surface area contributed by atoms with Gasteiger partial charge in [0.1, 0.15) is 29.8 Å². The van der Waals surface area contributed by atoms with Gasteiger partial charge in [-0.05, 0) is 70.4 Å². The zero-order chi connectivity index (χ0) is 31.6. The van der Waals surface area contributed by atoms with Crippen molar-refractivity contribution in [1.82, 2.24) is 24.8 Å². The van der Waals surface area contributed by atoms with Gasteiger partial charge in [-0.2, -0.15) is 5.26 Å². The molecule has 1 aliphatic heterocycles. The molecule has 1 atom stereocenters. The Morgan fingerprint density at radius 3 is 2.57 bits per heavy atom. The van der Waals surface area contributed by atoms with Gasteiger partial charge in [0.2, 0.25) is 5.95 Å². The van der Waals surface area contributed by atoms with Gasteiger partial charge in [-0.3, -0.25) is 15.0 Å². The van der Waals surface area contributed by atoms with Gasteiger partial charge in [0, 0.05) is 44.2 Å². The van der Waals surface area contributed by atoms with Gasteiger partial charge in [-0.25, -0.2) is 15.0 Å². The topological polar surface area (TPSA) is 144 Å². The minimum absolute atomic E-state index is 0.153. The first-order valence-corrected chi connectivity index (χ1v) is 14.6. The van der Waals surface area contributed by atoms with Crippen molar-refractivity contribution in [2.45, 2.75) is 38.4 Å². The summed E-state index contributed by atoms with van der Waals surface area (Å²) in [5, 5.41) is 20.9. The number of hydrogen-bond acceptors (Lipinski definition) is 10. The van der Waals surface area contributed by atoms with Crippen LogP contribution in [0.5, 0.6) is 11.5 Å². The lowest BCUT2D eigenvalue weighted by Crippen LogP contribution is -2.45. The molecule has 2 aromatic carbocycles. The monoisotopic (exact) mass is 601 g/mol. The molecule has 1 aliphatic rings. The van der Waals surface area contributed by atoms with Crippen LogP contribution in [0.15, 0.2) is 54.7 Å². The number of carbonyl (C=O) groups is 2. The van der Waals surface area contributed by atoms with Crippen molar-refractivity contribution in [3.05, 3.63) is 65.9 Å². The van der Waals surface area contributed by atoms with E-state index < -0.39 is 6.10 Å².